The first kappa shape index (κ1) is 19.2. The maximum absolute atomic E-state index is 12.9. The molecule has 3 rings (SSSR count). The minimum atomic E-state index is -3.74. The molecule has 7 nitrogen and oxygen atoms in total. The van der Waals surface area contributed by atoms with Gasteiger partial charge in [-0.3, -0.25) is 4.79 Å². The standard InChI is InChI=1S/C17H23FN2O5S/c18-14-1-3-15(4-2-14)26(22,23)19-8-5-16(21)20-9-6-13(7-10-20)17-24-11-12-25-17/h1-4,13,17,19H,5-12H2. The second kappa shape index (κ2) is 8.43. The molecule has 0 radical (unpaired) electrons. The summed E-state index contributed by atoms with van der Waals surface area (Å²) >= 11 is 0. The van der Waals surface area contributed by atoms with Crippen LogP contribution in [-0.2, 0) is 24.3 Å². The molecule has 0 atom stereocenters. The van der Waals surface area contributed by atoms with Gasteiger partial charge >= 0.3 is 0 Å². The normalized spacial score (nSPS) is 19.8. The molecule has 1 amide bonds. The number of sulfonamides is 1. The van der Waals surface area contributed by atoms with E-state index in [1.165, 1.54) is 12.1 Å². The minimum absolute atomic E-state index is 0.00726. The zero-order chi connectivity index (χ0) is 18.6. The molecular formula is C17H23FN2O5S. The summed E-state index contributed by atoms with van der Waals surface area (Å²) in [6.07, 6.45) is 1.56. The number of nitrogens with one attached hydrogen (secondary N) is 1. The predicted molar refractivity (Wildman–Crippen MR) is 91.2 cm³/mol. The summed E-state index contributed by atoms with van der Waals surface area (Å²) in [5, 5.41) is 0. The predicted octanol–water partition coefficient (Wildman–Crippen LogP) is 1.11. The van der Waals surface area contributed by atoms with Crippen molar-refractivity contribution in [1.29, 1.82) is 0 Å². The molecule has 2 aliphatic rings. The topological polar surface area (TPSA) is 84.9 Å². The molecule has 1 aromatic rings. The molecule has 2 fully saturated rings. The van der Waals surface area contributed by atoms with Crippen LogP contribution in [0.2, 0.25) is 0 Å². The lowest BCUT2D eigenvalue weighted by Gasteiger charge is -2.33. The van der Waals surface area contributed by atoms with E-state index < -0.39 is 15.8 Å². The lowest BCUT2D eigenvalue weighted by molar-refractivity contribution is -0.136. The van der Waals surface area contributed by atoms with Crippen LogP contribution < -0.4 is 4.72 Å². The number of piperidine rings is 1. The van der Waals surface area contributed by atoms with Gasteiger partial charge < -0.3 is 14.4 Å². The van der Waals surface area contributed by atoms with Gasteiger partial charge in [0, 0.05) is 32.0 Å². The average Bonchev–Trinajstić information content (AvgIpc) is 3.17. The van der Waals surface area contributed by atoms with E-state index in [0.717, 1.165) is 25.0 Å². The Morgan fingerprint density at radius 2 is 1.77 bits per heavy atom. The SMILES string of the molecule is O=C(CCNS(=O)(=O)c1ccc(F)cc1)N1CCC(C2OCCO2)CC1. The van der Waals surface area contributed by atoms with Crippen LogP contribution in [-0.4, -0.2) is 58.4 Å². The quantitative estimate of drug-likeness (QED) is 0.792. The molecule has 9 heteroatoms. The van der Waals surface area contributed by atoms with Gasteiger partial charge in [0.2, 0.25) is 15.9 Å². The number of nitrogens with zero attached hydrogens (tertiary/aromatic N) is 1. The van der Waals surface area contributed by atoms with E-state index in [-0.39, 0.29) is 30.1 Å². The van der Waals surface area contributed by atoms with Crippen molar-refractivity contribution in [2.45, 2.75) is 30.4 Å². The van der Waals surface area contributed by atoms with Crippen molar-refractivity contribution >= 4 is 15.9 Å². The third-order valence-electron chi connectivity index (χ3n) is 4.68. The van der Waals surface area contributed by atoms with E-state index in [9.17, 15) is 17.6 Å². The molecule has 1 aromatic carbocycles. The first-order valence-electron chi connectivity index (χ1n) is 8.72. The lowest BCUT2D eigenvalue weighted by Crippen LogP contribution is -2.42. The molecule has 0 aromatic heterocycles. The number of carbonyl (C=O) groups is 1. The molecule has 0 unspecified atom stereocenters. The highest BCUT2D eigenvalue weighted by atomic mass is 32.2. The maximum Gasteiger partial charge on any atom is 0.240 e. The van der Waals surface area contributed by atoms with Crippen molar-refractivity contribution in [2.75, 3.05) is 32.8 Å². The van der Waals surface area contributed by atoms with Crippen molar-refractivity contribution in [2.24, 2.45) is 5.92 Å². The number of halogens is 1. The Kier molecular flexibility index (Phi) is 6.23. The van der Waals surface area contributed by atoms with Crippen molar-refractivity contribution < 1.29 is 27.1 Å². The Balaban J connectivity index is 1.42. The zero-order valence-electron chi connectivity index (χ0n) is 14.4. The van der Waals surface area contributed by atoms with Crippen LogP contribution in [0, 0.1) is 11.7 Å². The lowest BCUT2D eigenvalue weighted by atomic mass is 9.96. The smallest absolute Gasteiger partial charge is 0.240 e. The number of hydrogen-bond donors (Lipinski definition) is 1. The molecule has 144 valence electrons. The second-order valence-electron chi connectivity index (χ2n) is 6.43. The Labute approximate surface area is 152 Å². The number of likely N-dealkylation sites (tertiary alicyclic amines) is 1. The minimum Gasteiger partial charge on any atom is -0.350 e. The van der Waals surface area contributed by atoms with Gasteiger partial charge in [-0.2, -0.15) is 0 Å². The van der Waals surface area contributed by atoms with E-state index in [0.29, 0.717) is 32.2 Å². The first-order chi connectivity index (χ1) is 12.5. The van der Waals surface area contributed by atoms with Crippen molar-refractivity contribution in [1.82, 2.24) is 9.62 Å². The number of benzene rings is 1. The second-order valence-corrected chi connectivity index (χ2v) is 8.20. The van der Waals surface area contributed by atoms with Crippen LogP contribution >= 0.6 is 0 Å². The zero-order valence-corrected chi connectivity index (χ0v) is 15.2. The van der Waals surface area contributed by atoms with Crippen LogP contribution in [0.1, 0.15) is 19.3 Å². The van der Waals surface area contributed by atoms with Gasteiger partial charge in [0.05, 0.1) is 18.1 Å². The Hall–Kier alpha value is -1.55. The summed E-state index contributed by atoms with van der Waals surface area (Å²) in [4.78, 5) is 14.0. The summed E-state index contributed by atoms with van der Waals surface area (Å²) in [6, 6.07) is 4.55. The van der Waals surface area contributed by atoms with Crippen molar-refractivity contribution in [3.05, 3.63) is 30.1 Å². The van der Waals surface area contributed by atoms with E-state index >= 15 is 0 Å². The number of hydrogen-bond acceptors (Lipinski definition) is 5. The molecule has 0 bridgehead atoms. The van der Waals surface area contributed by atoms with Gasteiger partial charge in [-0.25, -0.2) is 17.5 Å². The van der Waals surface area contributed by atoms with Gasteiger partial charge in [0.25, 0.3) is 0 Å². The number of rotatable bonds is 6. The van der Waals surface area contributed by atoms with Gasteiger partial charge in [-0.15, -0.1) is 0 Å². The highest BCUT2D eigenvalue weighted by molar-refractivity contribution is 7.89. The third kappa shape index (κ3) is 4.79. The summed E-state index contributed by atoms with van der Waals surface area (Å²) in [5.74, 6) is -0.284. The van der Waals surface area contributed by atoms with Crippen LogP contribution in [0.25, 0.3) is 0 Å². The van der Waals surface area contributed by atoms with Crippen LogP contribution in [0.4, 0.5) is 4.39 Å². The Morgan fingerprint density at radius 3 is 2.38 bits per heavy atom. The number of carbonyl (C=O) groups excluding carboxylic acids is 1. The summed E-state index contributed by atoms with van der Waals surface area (Å²) < 4.78 is 50.5. The largest absolute Gasteiger partial charge is 0.350 e. The summed E-state index contributed by atoms with van der Waals surface area (Å²) in [7, 11) is -3.74. The molecule has 2 saturated heterocycles. The van der Waals surface area contributed by atoms with E-state index in [1.807, 2.05) is 0 Å². The molecule has 2 heterocycles. The average molecular weight is 386 g/mol. The molecule has 0 saturated carbocycles. The Morgan fingerprint density at radius 1 is 1.15 bits per heavy atom. The van der Waals surface area contributed by atoms with Crippen molar-refractivity contribution in [3.63, 3.8) is 0 Å². The van der Waals surface area contributed by atoms with E-state index in [2.05, 4.69) is 4.72 Å². The maximum atomic E-state index is 12.9. The molecule has 2 aliphatic heterocycles. The van der Waals surface area contributed by atoms with E-state index in [4.69, 9.17) is 9.47 Å². The molecule has 0 spiro atoms. The fourth-order valence-corrected chi connectivity index (χ4v) is 4.25. The number of ether oxygens (including phenoxy) is 2. The molecule has 0 aliphatic carbocycles. The Bertz CT molecular complexity index is 711. The van der Waals surface area contributed by atoms with Crippen LogP contribution in [0.3, 0.4) is 0 Å². The summed E-state index contributed by atoms with van der Waals surface area (Å²) in [5.41, 5.74) is 0. The summed E-state index contributed by atoms with van der Waals surface area (Å²) in [6.45, 7) is 2.50. The van der Waals surface area contributed by atoms with Crippen LogP contribution in [0.5, 0.6) is 0 Å². The van der Waals surface area contributed by atoms with E-state index in [1.54, 1.807) is 4.90 Å². The first-order valence-corrected chi connectivity index (χ1v) is 10.2. The highest BCUT2D eigenvalue weighted by Crippen LogP contribution is 2.26. The van der Waals surface area contributed by atoms with Gasteiger partial charge in [0.1, 0.15) is 5.82 Å². The van der Waals surface area contributed by atoms with Gasteiger partial charge in [-0.05, 0) is 37.1 Å². The fraction of sp³-hybridized carbons (Fsp3) is 0.588. The van der Waals surface area contributed by atoms with Crippen LogP contribution in [0.15, 0.2) is 29.2 Å². The highest BCUT2D eigenvalue weighted by Gasteiger charge is 2.31. The number of amides is 1. The monoisotopic (exact) mass is 386 g/mol. The van der Waals surface area contributed by atoms with Gasteiger partial charge in [-0.1, -0.05) is 0 Å². The third-order valence-corrected chi connectivity index (χ3v) is 6.16. The fourth-order valence-electron chi connectivity index (χ4n) is 3.22. The molecular weight excluding hydrogens is 363 g/mol. The molecule has 1 N–H and O–H groups in total. The van der Waals surface area contributed by atoms with Crippen molar-refractivity contribution in [3.8, 4) is 0 Å². The van der Waals surface area contributed by atoms with Gasteiger partial charge in [0.15, 0.2) is 6.29 Å². The molecule has 26 heavy (non-hydrogen) atoms.